The molecular formula is C10H11F2N3OS. The highest BCUT2D eigenvalue weighted by molar-refractivity contribution is 7.22. The Kier molecular flexibility index (Phi) is 3.39. The Hall–Kier alpha value is -1.47. The minimum atomic E-state index is -2.76. The number of aliphatic hydroxyl groups excluding tert-OH is 1. The molecule has 0 radical (unpaired) electrons. The largest absolute Gasteiger partial charge is 0.399 e. The molecule has 0 saturated carbocycles. The zero-order chi connectivity index (χ0) is 12.4. The number of alkyl halides is 2. The maximum Gasteiger partial charge on any atom is 0.265 e. The SMILES string of the molecule is Nc1ccc2nc(NCC(O)C(F)F)sc2c1. The highest BCUT2D eigenvalue weighted by atomic mass is 32.1. The molecule has 17 heavy (non-hydrogen) atoms. The van der Waals surface area contributed by atoms with Gasteiger partial charge in [-0.15, -0.1) is 0 Å². The second-order valence-electron chi connectivity index (χ2n) is 3.53. The van der Waals surface area contributed by atoms with Gasteiger partial charge in [0.2, 0.25) is 0 Å². The minimum absolute atomic E-state index is 0.229. The molecule has 4 nitrogen and oxygen atoms in total. The Labute approximate surface area is 100 Å². The third kappa shape index (κ3) is 2.80. The molecule has 1 heterocycles. The average molecular weight is 259 g/mol. The Balaban J connectivity index is 2.09. The number of nitrogen functional groups attached to an aromatic ring is 1. The van der Waals surface area contributed by atoms with Gasteiger partial charge >= 0.3 is 0 Å². The number of hydrogen-bond donors (Lipinski definition) is 3. The van der Waals surface area contributed by atoms with Crippen LogP contribution in [-0.4, -0.2) is 29.2 Å². The van der Waals surface area contributed by atoms with Crippen LogP contribution >= 0.6 is 11.3 Å². The number of nitrogens with zero attached hydrogens (tertiary/aromatic N) is 1. The summed E-state index contributed by atoms with van der Waals surface area (Å²) in [6.45, 7) is -0.229. The van der Waals surface area contributed by atoms with E-state index < -0.39 is 12.5 Å². The van der Waals surface area contributed by atoms with Crippen molar-refractivity contribution in [1.29, 1.82) is 0 Å². The summed E-state index contributed by atoms with van der Waals surface area (Å²) in [4.78, 5) is 4.18. The molecule has 0 aliphatic heterocycles. The van der Waals surface area contributed by atoms with E-state index in [9.17, 15) is 8.78 Å². The van der Waals surface area contributed by atoms with Crippen molar-refractivity contribution in [3.05, 3.63) is 18.2 Å². The summed E-state index contributed by atoms with van der Waals surface area (Å²) >= 11 is 1.31. The van der Waals surface area contributed by atoms with Crippen LogP contribution in [0.15, 0.2) is 18.2 Å². The Morgan fingerprint density at radius 2 is 2.24 bits per heavy atom. The summed E-state index contributed by atoms with van der Waals surface area (Å²) < 4.78 is 25.0. The zero-order valence-electron chi connectivity index (χ0n) is 8.73. The van der Waals surface area contributed by atoms with Crippen LogP contribution in [0.25, 0.3) is 10.2 Å². The smallest absolute Gasteiger partial charge is 0.265 e. The van der Waals surface area contributed by atoms with E-state index in [1.54, 1.807) is 18.2 Å². The molecule has 7 heteroatoms. The fourth-order valence-electron chi connectivity index (χ4n) is 1.30. The topological polar surface area (TPSA) is 71.2 Å². The number of nitrogens with one attached hydrogen (secondary N) is 1. The van der Waals surface area contributed by atoms with E-state index in [1.807, 2.05) is 0 Å². The number of hydrogen-bond acceptors (Lipinski definition) is 5. The molecule has 1 aromatic heterocycles. The lowest BCUT2D eigenvalue weighted by Crippen LogP contribution is -2.26. The van der Waals surface area contributed by atoms with Gasteiger partial charge in [0.15, 0.2) is 5.13 Å². The van der Waals surface area contributed by atoms with Crippen molar-refractivity contribution in [1.82, 2.24) is 4.98 Å². The van der Waals surface area contributed by atoms with Crippen molar-refractivity contribution < 1.29 is 13.9 Å². The second-order valence-corrected chi connectivity index (χ2v) is 4.56. The zero-order valence-corrected chi connectivity index (χ0v) is 9.55. The van der Waals surface area contributed by atoms with E-state index in [4.69, 9.17) is 10.8 Å². The van der Waals surface area contributed by atoms with Crippen LogP contribution in [0.2, 0.25) is 0 Å². The Bertz CT molecular complexity index is 517. The first-order chi connectivity index (χ1) is 8.06. The molecule has 0 amide bonds. The number of nitrogens with two attached hydrogens (primary N) is 1. The van der Waals surface area contributed by atoms with E-state index in [2.05, 4.69) is 10.3 Å². The first-order valence-electron chi connectivity index (χ1n) is 4.92. The van der Waals surface area contributed by atoms with Crippen LogP contribution in [0.5, 0.6) is 0 Å². The molecule has 2 rings (SSSR count). The minimum Gasteiger partial charge on any atom is -0.399 e. The van der Waals surface area contributed by atoms with Crippen molar-refractivity contribution >= 4 is 32.4 Å². The van der Waals surface area contributed by atoms with Crippen molar-refractivity contribution in [2.75, 3.05) is 17.6 Å². The van der Waals surface area contributed by atoms with Crippen LogP contribution in [0.4, 0.5) is 19.6 Å². The number of aromatic nitrogens is 1. The average Bonchev–Trinajstić information content (AvgIpc) is 2.67. The predicted octanol–water partition coefficient (Wildman–Crippen LogP) is 1.92. The fraction of sp³-hybridized carbons (Fsp3) is 0.300. The summed E-state index contributed by atoms with van der Waals surface area (Å²) in [6, 6.07) is 5.25. The number of aliphatic hydroxyl groups is 1. The van der Waals surface area contributed by atoms with Gasteiger partial charge in [-0.25, -0.2) is 13.8 Å². The quantitative estimate of drug-likeness (QED) is 0.733. The summed E-state index contributed by atoms with van der Waals surface area (Å²) in [7, 11) is 0. The first kappa shape index (κ1) is 12.0. The number of halogens is 2. The van der Waals surface area contributed by atoms with Gasteiger partial charge < -0.3 is 16.2 Å². The van der Waals surface area contributed by atoms with Gasteiger partial charge in [0.05, 0.1) is 10.2 Å². The summed E-state index contributed by atoms with van der Waals surface area (Å²) in [5, 5.41) is 12.1. The van der Waals surface area contributed by atoms with Crippen molar-refractivity contribution in [3.8, 4) is 0 Å². The van der Waals surface area contributed by atoms with E-state index in [0.717, 1.165) is 10.2 Å². The van der Waals surface area contributed by atoms with E-state index in [0.29, 0.717) is 10.8 Å². The molecule has 1 unspecified atom stereocenters. The van der Waals surface area contributed by atoms with Crippen LogP contribution in [0.3, 0.4) is 0 Å². The summed E-state index contributed by atoms with van der Waals surface area (Å²) in [6.07, 6.45) is -4.44. The lowest BCUT2D eigenvalue weighted by molar-refractivity contribution is 0.00385. The van der Waals surface area contributed by atoms with Gasteiger partial charge in [-0.05, 0) is 18.2 Å². The molecule has 0 spiro atoms. The lowest BCUT2D eigenvalue weighted by atomic mass is 10.3. The fourth-order valence-corrected chi connectivity index (χ4v) is 2.22. The Morgan fingerprint density at radius 1 is 1.47 bits per heavy atom. The maximum absolute atomic E-state index is 12.1. The number of rotatable bonds is 4. The molecule has 0 aliphatic carbocycles. The van der Waals surface area contributed by atoms with Crippen LogP contribution < -0.4 is 11.1 Å². The molecule has 0 aliphatic rings. The van der Waals surface area contributed by atoms with Crippen LogP contribution in [0.1, 0.15) is 0 Å². The molecule has 0 bridgehead atoms. The lowest BCUT2D eigenvalue weighted by Gasteiger charge is -2.08. The second kappa shape index (κ2) is 4.80. The molecule has 0 saturated heterocycles. The molecular weight excluding hydrogens is 248 g/mol. The summed E-state index contributed by atoms with van der Waals surface area (Å²) in [5.41, 5.74) is 6.99. The van der Waals surface area contributed by atoms with Crippen LogP contribution in [-0.2, 0) is 0 Å². The molecule has 2 aromatic rings. The molecule has 0 fully saturated rings. The normalized spacial score (nSPS) is 13.2. The van der Waals surface area contributed by atoms with E-state index in [-0.39, 0.29) is 6.54 Å². The van der Waals surface area contributed by atoms with Crippen molar-refractivity contribution in [2.24, 2.45) is 0 Å². The summed E-state index contributed by atoms with van der Waals surface area (Å²) in [5.74, 6) is 0. The molecule has 1 atom stereocenters. The number of fused-ring (bicyclic) bond motifs is 1. The van der Waals surface area contributed by atoms with Crippen LogP contribution in [0, 0.1) is 0 Å². The standard InChI is InChI=1S/C10H11F2N3OS/c11-9(12)7(16)4-14-10-15-6-2-1-5(13)3-8(6)17-10/h1-3,7,9,16H,4,13H2,(H,14,15). The highest BCUT2D eigenvalue weighted by Gasteiger charge is 2.16. The van der Waals surface area contributed by atoms with Gasteiger partial charge in [0, 0.05) is 12.2 Å². The number of anilines is 2. The Morgan fingerprint density at radius 3 is 2.94 bits per heavy atom. The van der Waals surface area contributed by atoms with Crippen molar-refractivity contribution in [3.63, 3.8) is 0 Å². The van der Waals surface area contributed by atoms with Gasteiger partial charge in [-0.3, -0.25) is 0 Å². The first-order valence-corrected chi connectivity index (χ1v) is 5.74. The third-order valence-corrected chi connectivity index (χ3v) is 3.14. The van der Waals surface area contributed by atoms with E-state index >= 15 is 0 Å². The highest BCUT2D eigenvalue weighted by Crippen LogP contribution is 2.27. The number of thiazole rings is 1. The molecule has 1 aromatic carbocycles. The molecule has 4 N–H and O–H groups in total. The van der Waals surface area contributed by atoms with Gasteiger partial charge in [0.25, 0.3) is 6.43 Å². The van der Waals surface area contributed by atoms with Gasteiger partial charge in [0.1, 0.15) is 6.10 Å². The van der Waals surface area contributed by atoms with E-state index in [1.165, 1.54) is 11.3 Å². The third-order valence-electron chi connectivity index (χ3n) is 2.17. The number of benzene rings is 1. The monoisotopic (exact) mass is 259 g/mol. The van der Waals surface area contributed by atoms with Gasteiger partial charge in [-0.2, -0.15) is 0 Å². The maximum atomic E-state index is 12.1. The van der Waals surface area contributed by atoms with Gasteiger partial charge in [-0.1, -0.05) is 11.3 Å². The van der Waals surface area contributed by atoms with Crippen molar-refractivity contribution in [2.45, 2.75) is 12.5 Å². The molecule has 92 valence electrons. The predicted molar refractivity (Wildman–Crippen MR) is 64.5 cm³/mol.